The van der Waals surface area contributed by atoms with Crippen LogP contribution in [-0.4, -0.2) is 5.91 Å². The lowest BCUT2D eigenvalue weighted by atomic mass is 10.1. The molecule has 0 bridgehead atoms. The average molecular weight is 274 g/mol. The molecule has 0 radical (unpaired) electrons. The summed E-state index contributed by atoms with van der Waals surface area (Å²) in [6.07, 6.45) is 2.26. The lowest BCUT2D eigenvalue weighted by Gasteiger charge is -2.02. The van der Waals surface area contributed by atoms with Crippen molar-refractivity contribution in [3.8, 4) is 6.07 Å². The molecular formula is C14H14N2O2S. The highest BCUT2D eigenvalue weighted by Gasteiger charge is 2.19. The molecule has 5 heteroatoms. The SMILES string of the molecule is CCc1c(C)sc(NC(=O)c2occc2C)c1C#N. The summed E-state index contributed by atoms with van der Waals surface area (Å²) in [5.41, 5.74) is 2.33. The van der Waals surface area contributed by atoms with Gasteiger partial charge in [-0.25, -0.2) is 0 Å². The molecule has 0 spiro atoms. The van der Waals surface area contributed by atoms with Gasteiger partial charge in [-0.3, -0.25) is 4.79 Å². The first kappa shape index (κ1) is 13.4. The fraction of sp³-hybridized carbons (Fsp3) is 0.286. The monoisotopic (exact) mass is 274 g/mol. The largest absolute Gasteiger partial charge is 0.459 e. The molecule has 0 saturated heterocycles. The van der Waals surface area contributed by atoms with Crippen LogP contribution >= 0.6 is 11.3 Å². The molecule has 0 aliphatic rings. The van der Waals surface area contributed by atoms with E-state index in [4.69, 9.17) is 4.42 Å². The number of carbonyl (C=O) groups excluding carboxylic acids is 1. The lowest BCUT2D eigenvalue weighted by molar-refractivity contribution is 0.0996. The Hall–Kier alpha value is -2.06. The second kappa shape index (κ2) is 5.29. The Bertz CT molecular complexity index is 662. The van der Waals surface area contributed by atoms with E-state index < -0.39 is 0 Å². The van der Waals surface area contributed by atoms with Crippen molar-refractivity contribution in [2.45, 2.75) is 27.2 Å². The van der Waals surface area contributed by atoms with Crippen LogP contribution < -0.4 is 5.32 Å². The third-order valence-corrected chi connectivity index (χ3v) is 4.03. The number of aryl methyl sites for hydroxylation is 2. The minimum absolute atomic E-state index is 0.285. The molecule has 2 aromatic heterocycles. The van der Waals surface area contributed by atoms with Gasteiger partial charge in [0, 0.05) is 10.4 Å². The number of nitriles is 1. The van der Waals surface area contributed by atoms with Gasteiger partial charge in [-0.05, 0) is 31.9 Å². The van der Waals surface area contributed by atoms with Gasteiger partial charge in [-0.1, -0.05) is 6.92 Å². The van der Waals surface area contributed by atoms with E-state index in [0.717, 1.165) is 22.4 Å². The molecule has 0 saturated carbocycles. The normalized spacial score (nSPS) is 10.2. The Kier molecular flexibility index (Phi) is 3.72. The van der Waals surface area contributed by atoms with Gasteiger partial charge in [0.2, 0.25) is 0 Å². The van der Waals surface area contributed by atoms with Gasteiger partial charge in [0.05, 0.1) is 11.8 Å². The fourth-order valence-corrected chi connectivity index (χ4v) is 3.07. The van der Waals surface area contributed by atoms with Gasteiger partial charge in [0.1, 0.15) is 11.1 Å². The molecule has 1 N–H and O–H groups in total. The summed E-state index contributed by atoms with van der Waals surface area (Å²) in [4.78, 5) is 13.1. The smallest absolute Gasteiger partial charge is 0.292 e. The Morgan fingerprint density at radius 3 is 2.79 bits per heavy atom. The van der Waals surface area contributed by atoms with Gasteiger partial charge >= 0.3 is 0 Å². The molecule has 0 unspecified atom stereocenters. The van der Waals surface area contributed by atoms with Crippen LogP contribution in [0.25, 0.3) is 0 Å². The van der Waals surface area contributed by atoms with Crippen LogP contribution in [0.4, 0.5) is 5.00 Å². The molecule has 2 heterocycles. The van der Waals surface area contributed by atoms with Crippen molar-refractivity contribution in [2.24, 2.45) is 0 Å². The Balaban J connectivity index is 2.33. The Labute approximate surface area is 115 Å². The molecule has 1 amide bonds. The molecular weight excluding hydrogens is 260 g/mol. The second-order valence-electron chi connectivity index (χ2n) is 4.19. The number of nitrogens with zero attached hydrogens (tertiary/aromatic N) is 1. The number of anilines is 1. The van der Waals surface area contributed by atoms with Crippen LogP contribution in [0.3, 0.4) is 0 Å². The van der Waals surface area contributed by atoms with Crippen molar-refractivity contribution >= 4 is 22.2 Å². The zero-order chi connectivity index (χ0) is 14.0. The standard InChI is InChI=1S/C14H14N2O2S/c1-4-10-9(3)19-14(11(10)7-15)16-13(17)12-8(2)5-6-18-12/h5-6H,4H2,1-3H3,(H,16,17). The van der Waals surface area contributed by atoms with E-state index in [1.165, 1.54) is 17.6 Å². The number of hydrogen-bond donors (Lipinski definition) is 1. The minimum Gasteiger partial charge on any atom is -0.459 e. The number of carbonyl (C=O) groups is 1. The van der Waals surface area contributed by atoms with Crippen molar-refractivity contribution in [2.75, 3.05) is 5.32 Å². The van der Waals surface area contributed by atoms with Gasteiger partial charge in [0.25, 0.3) is 5.91 Å². The minimum atomic E-state index is -0.317. The third-order valence-electron chi connectivity index (χ3n) is 2.97. The molecule has 0 aromatic carbocycles. The van der Waals surface area contributed by atoms with E-state index in [-0.39, 0.29) is 11.7 Å². The lowest BCUT2D eigenvalue weighted by Crippen LogP contribution is -2.12. The van der Waals surface area contributed by atoms with E-state index in [1.807, 2.05) is 13.8 Å². The van der Waals surface area contributed by atoms with Crippen LogP contribution in [0, 0.1) is 25.2 Å². The quantitative estimate of drug-likeness (QED) is 0.929. The molecule has 2 rings (SSSR count). The van der Waals surface area contributed by atoms with E-state index in [1.54, 1.807) is 13.0 Å². The van der Waals surface area contributed by atoms with E-state index in [2.05, 4.69) is 11.4 Å². The van der Waals surface area contributed by atoms with Crippen LogP contribution in [0.15, 0.2) is 16.7 Å². The molecule has 0 aliphatic heterocycles. The second-order valence-corrected chi connectivity index (χ2v) is 5.42. The van der Waals surface area contributed by atoms with Crippen molar-refractivity contribution in [3.05, 3.63) is 39.7 Å². The summed E-state index contributed by atoms with van der Waals surface area (Å²) in [7, 11) is 0. The molecule has 0 atom stereocenters. The molecule has 0 fully saturated rings. The van der Waals surface area contributed by atoms with Crippen molar-refractivity contribution < 1.29 is 9.21 Å². The zero-order valence-corrected chi connectivity index (χ0v) is 11.9. The number of rotatable bonds is 3. The fourth-order valence-electron chi connectivity index (χ4n) is 1.98. The first-order valence-electron chi connectivity index (χ1n) is 5.96. The topological polar surface area (TPSA) is 66.0 Å². The summed E-state index contributed by atoms with van der Waals surface area (Å²) in [5, 5.41) is 12.6. The van der Waals surface area contributed by atoms with Crippen molar-refractivity contribution in [3.63, 3.8) is 0 Å². The van der Waals surface area contributed by atoms with Crippen LogP contribution in [-0.2, 0) is 6.42 Å². The maximum atomic E-state index is 12.1. The Morgan fingerprint density at radius 2 is 2.26 bits per heavy atom. The molecule has 0 aliphatic carbocycles. The molecule has 2 aromatic rings. The predicted molar refractivity (Wildman–Crippen MR) is 74.5 cm³/mol. The summed E-state index contributed by atoms with van der Waals surface area (Å²) < 4.78 is 5.14. The summed E-state index contributed by atoms with van der Waals surface area (Å²) >= 11 is 1.43. The molecule has 19 heavy (non-hydrogen) atoms. The van der Waals surface area contributed by atoms with E-state index >= 15 is 0 Å². The van der Waals surface area contributed by atoms with Gasteiger partial charge in [-0.15, -0.1) is 11.3 Å². The van der Waals surface area contributed by atoms with Gasteiger partial charge < -0.3 is 9.73 Å². The van der Waals surface area contributed by atoms with Crippen molar-refractivity contribution in [1.82, 2.24) is 0 Å². The number of hydrogen-bond acceptors (Lipinski definition) is 4. The molecule has 98 valence electrons. The summed E-state index contributed by atoms with van der Waals surface area (Å²) in [6, 6.07) is 3.90. The molecule has 4 nitrogen and oxygen atoms in total. The van der Waals surface area contributed by atoms with Gasteiger partial charge in [0.15, 0.2) is 5.76 Å². The van der Waals surface area contributed by atoms with Crippen molar-refractivity contribution in [1.29, 1.82) is 5.26 Å². The van der Waals surface area contributed by atoms with Crippen LogP contribution in [0.1, 0.15) is 39.0 Å². The highest BCUT2D eigenvalue weighted by molar-refractivity contribution is 7.16. The van der Waals surface area contributed by atoms with E-state index in [9.17, 15) is 10.1 Å². The number of nitrogens with one attached hydrogen (secondary N) is 1. The number of thiophene rings is 1. The number of amides is 1. The first-order chi connectivity index (χ1) is 9.08. The van der Waals surface area contributed by atoms with Crippen LogP contribution in [0.2, 0.25) is 0 Å². The maximum absolute atomic E-state index is 12.1. The highest BCUT2D eigenvalue weighted by Crippen LogP contribution is 2.33. The first-order valence-corrected chi connectivity index (χ1v) is 6.77. The van der Waals surface area contributed by atoms with Gasteiger partial charge in [-0.2, -0.15) is 5.26 Å². The zero-order valence-electron chi connectivity index (χ0n) is 11.0. The summed E-state index contributed by atoms with van der Waals surface area (Å²) in [6.45, 7) is 5.76. The van der Waals surface area contributed by atoms with Crippen LogP contribution in [0.5, 0.6) is 0 Å². The maximum Gasteiger partial charge on any atom is 0.292 e. The van der Waals surface area contributed by atoms with E-state index in [0.29, 0.717) is 10.6 Å². The Morgan fingerprint density at radius 1 is 1.53 bits per heavy atom. The summed E-state index contributed by atoms with van der Waals surface area (Å²) in [5.74, 6) is -0.0316. The highest BCUT2D eigenvalue weighted by atomic mass is 32.1. The predicted octanol–water partition coefficient (Wildman–Crippen LogP) is 3.64. The third kappa shape index (κ3) is 2.40. The average Bonchev–Trinajstić information content (AvgIpc) is 2.92. The number of furan rings is 1.